The number of para-hydroxylation sites is 1. The van der Waals surface area contributed by atoms with E-state index in [9.17, 15) is 14.0 Å². The van der Waals surface area contributed by atoms with Gasteiger partial charge >= 0.3 is 0 Å². The van der Waals surface area contributed by atoms with Gasteiger partial charge in [-0.25, -0.2) is 4.39 Å². The average molecular weight is 340 g/mol. The van der Waals surface area contributed by atoms with E-state index in [1.807, 2.05) is 24.3 Å². The second-order valence-corrected chi connectivity index (χ2v) is 6.21. The van der Waals surface area contributed by atoms with Gasteiger partial charge in [0, 0.05) is 44.2 Å². The molecule has 0 saturated heterocycles. The molecule has 0 fully saturated rings. The Morgan fingerprint density at radius 3 is 2.60 bits per heavy atom. The summed E-state index contributed by atoms with van der Waals surface area (Å²) in [7, 11) is 0. The zero-order valence-corrected chi connectivity index (χ0v) is 14.2. The number of hydrogen-bond acceptors (Lipinski definition) is 2. The molecule has 0 aromatic heterocycles. The van der Waals surface area contributed by atoms with E-state index < -0.39 is 0 Å². The SMILES string of the molecule is CC(=O)N(CCC(=O)N1CCc2ccccc21)Cc1ccccc1F. The Balaban J connectivity index is 1.63. The van der Waals surface area contributed by atoms with E-state index in [-0.39, 0.29) is 37.1 Å². The minimum Gasteiger partial charge on any atom is -0.338 e. The Kier molecular flexibility index (Phi) is 5.12. The first kappa shape index (κ1) is 17.1. The second-order valence-electron chi connectivity index (χ2n) is 6.21. The number of hydrogen-bond donors (Lipinski definition) is 0. The van der Waals surface area contributed by atoms with Crippen LogP contribution in [0, 0.1) is 5.82 Å². The molecule has 3 rings (SSSR count). The van der Waals surface area contributed by atoms with Crippen LogP contribution in [0.3, 0.4) is 0 Å². The van der Waals surface area contributed by atoms with Crippen molar-refractivity contribution in [1.82, 2.24) is 4.90 Å². The number of carbonyl (C=O) groups excluding carboxylic acids is 2. The Bertz CT molecular complexity index is 791. The third-order valence-corrected chi connectivity index (χ3v) is 4.55. The lowest BCUT2D eigenvalue weighted by Gasteiger charge is -2.23. The summed E-state index contributed by atoms with van der Waals surface area (Å²) in [5.74, 6) is -0.517. The van der Waals surface area contributed by atoms with Crippen molar-refractivity contribution in [2.75, 3.05) is 18.0 Å². The third-order valence-electron chi connectivity index (χ3n) is 4.55. The molecule has 5 heteroatoms. The van der Waals surface area contributed by atoms with Gasteiger partial charge in [0.25, 0.3) is 0 Å². The van der Waals surface area contributed by atoms with Gasteiger partial charge in [-0.2, -0.15) is 0 Å². The van der Waals surface area contributed by atoms with Crippen LogP contribution in [0.25, 0.3) is 0 Å². The fraction of sp³-hybridized carbons (Fsp3) is 0.300. The molecule has 0 saturated carbocycles. The predicted octanol–water partition coefficient (Wildman–Crippen LogP) is 3.15. The van der Waals surface area contributed by atoms with Crippen LogP contribution in [0.2, 0.25) is 0 Å². The smallest absolute Gasteiger partial charge is 0.228 e. The minimum atomic E-state index is -0.339. The number of rotatable bonds is 5. The predicted molar refractivity (Wildman–Crippen MR) is 94.6 cm³/mol. The molecule has 1 heterocycles. The third kappa shape index (κ3) is 3.87. The number of anilines is 1. The van der Waals surface area contributed by atoms with Gasteiger partial charge in [0.2, 0.25) is 11.8 Å². The van der Waals surface area contributed by atoms with Crippen LogP contribution < -0.4 is 4.90 Å². The minimum absolute atomic E-state index is 0.00951. The zero-order valence-electron chi connectivity index (χ0n) is 14.2. The van der Waals surface area contributed by atoms with Crippen molar-refractivity contribution in [2.24, 2.45) is 0 Å². The molecule has 4 nitrogen and oxygen atoms in total. The number of nitrogens with zero attached hydrogens (tertiary/aromatic N) is 2. The molecule has 0 aliphatic carbocycles. The first-order valence-electron chi connectivity index (χ1n) is 8.43. The van der Waals surface area contributed by atoms with E-state index >= 15 is 0 Å². The van der Waals surface area contributed by atoms with Crippen molar-refractivity contribution in [2.45, 2.75) is 26.3 Å². The molecule has 130 valence electrons. The van der Waals surface area contributed by atoms with Crippen molar-refractivity contribution in [3.05, 3.63) is 65.5 Å². The molecule has 2 amide bonds. The van der Waals surface area contributed by atoms with Gasteiger partial charge in [0.05, 0.1) is 0 Å². The molecule has 1 aliphatic heterocycles. The van der Waals surface area contributed by atoms with E-state index in [4.69, 9.17) is 0 Å². The number of carbonyl (C=O) groups is 2. The first-order valence-corrected chi connectivity index (χ1v) is 8.43. The Morgan fingerprint density at radius 2 is 1.84 bits per heavy atom. The summed E-state index contributed by atoms with van der Waals surface area (Å²) in [5, 5.41) is 0. The van der Waals surface area contributed by atoms with Crippen molar-refractivity contribution in [3.63, 3.8) is 0 Å². The summed E-state index contributed by atoms with van der Waals surface area (Å²) in [6.45, 7) is 2.56. The standard InChI is InChI=1S/C20H21FN2O2/c1-15(24)22(14-17-7-2-4-8-18(17)21)12-11-20(25)23-13-10-16-6-3-5-9-19(16)23/h2-9H,10-14H2,1H3. The van der Waals surface area contributed by atoms with Gasteiger partial charge in [-0.15, -0.1) is 0 Å². The van der Waals surface area contributed by atoms with Crippen molar-refractivity contribution < 1.29 is 14.0 Å². The number of amides is 2. The first-order chi connectivity index (χ1) is 12.1. The molecule has 0 spiro atoms. The maximum atomic E-state index is 13.8. The molecule has 25 heavy (non-hydrogen) atoms. The van der Waals surface area contributed by atoms with Crippen molar-refractivity contribution in [3.8, 4) is 0 Å². The number of fused-ring (bicyclic) bond motifs is 1. The van der Waals surface area contributed by atoms with Crippen LogP contribution in [0.5, 0.6) is 0 Å². The molecule has 0 unspecified atom stereocenters. The molecular formula is C20H21FN2O2. The van der Waals surface area contributed by atoms with Crippen LogP contribution in [-0.4, -0.2) is 29.8 Å². The number of halogens is 1. The van der Waals surface area contributed by atoms with Crippen molar-refractivity contribution >= 4 is 17.5 Å². The summed E-state index contributed by atoms with van der Waals surface area (Å²) >= 11 is 0. The molecule has 0 bridgehead atoms. The second kappa shape index (κ2) is 7.47. The highest BCUT2D eigenvalue weighted by Gasteiger charge is 2.24. The highest BCUT2D eigenvalue weighted by atomic mass is 19.1. The van der Waals surface area contributed by atoms with Gasteiger partial charge in [0.1, 0.15) is 5.82 Å². The van der Waals surface area contributed by atoms with Crippen LogP contribution in [0.1, 0.15) is 24.5 Å². The maximum absolute atomic E-state index is 13.8. The molecular weight excluding hydrogens is 319 g/mol. The molecule has 1 aliphatic rings. The van der Waals surface area contributed by atoms with E-state index in [0.29, 0.717) is 12.1 Å². The topological polar surface area (TPSA) is 40.6 Å². The largest absolute Gasteiger partial charge is 0.338 e. The van der Waals surface area contributed by atoms with Gasteiger partial charge in [-0.1, -0.05) is 36.4 Å². The number of benzene rings is 2. The van der Waals surface area contributed by atoms with E-state index in [0.717, 1.165) is 12.1 Å². The van der Waals surface area contributed by atoms with Crippen LogP contribution in [0.4, 0.5) is 10.1 Å². The van der Waals surface area contributed by atoms with E-state index in [1.54, 1.807) is 23.1 Å². The highest BCUT2D eigenvalue weighted by molar-refractivity contribution is 5.95. The maximum Gasteiger partial charge on any atom is 0.228 e. The molecule has 2 aromatic carbocycles. The molecule has 0 atom stereocenters. The average Bonchev–Trinajstić information content (AvgIpc) is 3.03. The summed E-state index contributed by atoms with van der Waals surface area (Å²) in [4.78, 5) is 27.7. The lowest BCUT2D eigenvalue weighted by atomic mass is 10.2. The highest BCUT2D eigenvalue weighted by Crippen LogP contribution is 2.27. The molecule has 0 N–H and O–H groups in total. The van der Waals surface area contributed by atoms with Gasteiger partial charge in [-0.05, 0) is 24.1 Å². The van der Waals surface area contributed by atoms with Crippen LogP contribution in [-0.2, 0) is 22.6 Å². The fourth-order valence-corrected chi connectivity index (χ4v) is 3.14. The Hall–Kier alpha value is -2.69. The summed E-state index contributed by atoms with van der Waals surface area (Å²) in [6.07, 6.45) is 1.08. The molecule has 2 aromatic rings. The van der Waals surface area contributed by atoms with Crippen LogP contribution >= 0.6 is 0 Å². The van der Waals surface area contributed by atoms with E-state index in [1.165, 1.54) is 23.5 Å². The Labute approximate surface area is 146 Å². The lowest BCUT2D eigenvalue weighted by molar-refractivity contribution is -0.130. The van der Waals surface area contributed by atoms with Gasteiger partial charge in [0.15, 0.2) is 0 Å². The summed E-state index contributed by atoms with van der Waals surface area (Å²) in [6, 6.07) is 14.3. The molecule has 0 radical (unpaired) electrons. The van der Waals surface area contributed by atoms with Crippen molar-refractivity contribution in [1.29, 1.82) is 0 Å². The Morgan fingerprint density at radius 1 is 1.12 bits per heavy atom. The zero-order chi connectivity index (χ0) is 17.8. The summed E-state index contributed by atoms with van der Waals surface area (Å²) in [5.41, 5.74) is 2.58. The van der Waals surface area contributed by atoms with E-state index in [2.05, 4.69) is 0 Å². The summed E-state index contributed by atoms with van der Waals surface area (Å²) < 4.78 is 13.8. The lowest BCUT2D eigenvalue weighted by Crippen LogP contribution is -2.35. The normalized spacial score (nSPS) is 12.8. The van der Waals surface area contributed by atoms with Gasteiger partial charge < -0.3 is 9.80 Å². The van der Waals surface area contributed by atoms with Crippen LogP contribution in [0.15, 0.2) is 48.5 Å². The monoisotopic (exact) mass is 340 g/mol. The quantitative estimate of drug-likeness (QED) is 0.839. The van der Waals surface area contributed by atoms with Gasteiger partial charge in [-0.3, -0.25) is 9.59 Å². The fourth-order valence-electron chi connectivity index (χ4n) is 3.14.